The Morgan fingerprint density at radius 1 is 1.19 bits per heavy atom. The normalized spacial score (nSPS) is 15.5. The molecular weight excluding hydrogens is 346 g/mol. The van der Waals surface area contributed by atoms with Crippen molar-refractivity contribution in [3.63, 3.8) is 0 Å². The van der Waals surface area contributed by atoms with E-state index < -0.39 is 28.6 Å². The predicted molar refractivity (Wildman–Crippen MR) is 94.9 cm³/mol. The largest absolute Gasteiger partial charge is 0.477 e. The predicted octanol–water partition coefficient (Wildman–Crippen LogP) is 0.927. The number of hydrogen-bond donors (Lipinski definition) is 1. The molecule has 1 aromatic carbocycles. The van der Waals surface area contributed by atoms with Crippen LogP contribution in [0.2, 0.25) is 0 Å². The van der Waals surface area contributed by atoms with E-state index in [1.807, 2.05) is 7.05 Å². The maximum absolute atomic E-state index is 15.3. The van der Waals surface area contributed by atoms with Crippen molar-refractivity contribution in [1.82, 2.24) is 9.58 Å². The van der Waals surface area contributed by atoms with Crippen molar-refractivity contribution in [3.8, 4) is 0 Å². The highest BCUT2D eigenvalue weighted by atomic mass is 19.1. The lowest BCUT2D eigenvalue weighted by Gasteiger charge is -2.34. The first-order valence-corrected chi connectivity index (χ1v) is 8.14. The fourth-order valence-corrected chi connectivity index (χ4v) is 3.17. The molecule has 2 aromatic rings. The number of piperazine rings is 1. The zero-order valence-corrected chi connectivity index (χ0v) is 14.8. The number of aromatic carboxylic acids is 1. The van der Waals surface area contributed by atoms with Gasteiger partial charge in [0.2, 0.25) is 5.43 Å². The third-order valence-electron chi connectivity index (χ3n) is 4.62. The molecule has 0 aliphatic carbocycles. The van der Waals surface area contributed by atoms with Gasteiger partial charge in [0.05, 0.1) is 5.39 Å². The van der Waals surface area contributed by atoms with Gasteiger partial charge in [-0.05, 0) is 13.1 Å². The van der Waals surface area contributed by atoms with Crippen LogP contribution in [0.5, 0.6) is 0 Å². The van der Waals surface area contributed by atoms with Gasteiger partial charge >= 0.3 is 5.97 Å². The summed E-state index contributed by atoms with van der Waals surface area (Å²) in [5.41, 5.74) is -1.78. The maximum atomic E-state index is 15.3. The smallest absolute Gasteiger partial charge is 0.341 e. The van der Waals surface area contributed by atoms with Crippen molar-refractivity contribution in [2.24, 2.45) is 0 Å². The van der Waals surface area contributed by atoms with Gasteiger partial charge in [-0.25, -0.2) is 13.6 Å². The number of benzene rings is 1. The number of anilines is 1. The highest BCUT2D eigenvalue weighted by Gasteiger charge is 2.27. The molecule has 0 spiro atoms. The minimum Gasteiger partial charge on any atom is -0.477 e. The number of fused-ring (bicyclic) bond motifs is 1. The van der Waals surface area contributed by atoms with E-state index in [4.69, 9.17) is 0 Å². The van der Waals surface area contributed by atoms with Crippen LogP contribution in [0.4, 0.5) is 14.5 Å². The average Bonchev–Trinajstić information content (AvgIpc) is 2.56. The lowest BCUT2D eigenvalue weighted by molar-refractivity contribution is 0.0695. The van der Waals surface area contributed by atoms with Crippen LogP contribution >= 0.6 is 0 Å². The van der Waals surface area contributed by atoms with Crippen LogP contribution in [0.1, 0.15) is 10.4 Å². The number of rotatable bonds is 3. The number of likely N-dealkylation sites (N-methyl/N-ethyl adjacent to an activating group) is 1. The lowest BCUT2D eigenvalue weighted by Crippen LogP contribution is -2.45. The fraction of sp³-hybridized carbons (Fsp3) is 0.412. The quantitative estimate of drug-likeness (QED) is 0.872. The molecule has 0 bridgehead atoms. The number of carbonyl (C=O) groups is 1. The van der Waals surface area contributed by atoms with Crippen molar-refractivity contribution in [2.45, 2.75) is 0 Å². The molecule has 1 aromatic heterocycles. The summed E-state index contributed by atoms with van der Waals surface area (Å²) in [6.07, 6.45) is 1.06. The molecule has 0 unspecified atom stereocenters. The summed E-state index contributed by atoms with van der Waals surface area (Å²) >= 11 is 0. The molecule has 7 nitrogen and oxygen atoms in total. The van der Waals surface area contributed by atoms with Crippen LogP contribution in [0.3, 0.4) is 0 Å². The van der Waals surface area contributed by atoms with Gasteiger partial charge in [0.15, 0.2) is 5.82 Å². The van der Waals surface area contributed by atoms with Gasteiger partial charge in [-0.2, -0.15) is 0 Å². The number of carboxylic acid groups (broad SMARTS) is 1. The van der Waals surface area contributed by atoms with Crippen molar-refractivity contribution >= 4 is 22.6 Å². The van der Waals surface area contributed by atoms with E-state index in [-0.39, 0.29) is 16.6 Å². The lowest BCUT2D eigenvalue weighted by atomic mass is 10.1. The van der Waals surface area contributed by atoms with Crippen LogP contribution < -0.4 is 15.3 Å². The fourth-order valence-electron chi connectivity index (χ4n) is 3.17. The summed E-state index contributed by atoms with van der Waals surface area (Å²) in [6, 6.07) is 0.931. The van der Waals surface area contributed by atoms with Gasteiger partial charge in [-0.3, -0.25) is 9.47 Å². The van der Waals surface area contributed by atoms with Crippen molar-refractivity contribution in [1.29, 1.82) is 0 Å². The second kappa shape index (κ2) is 6.56. The van der Waals surface area contributed by atoms with E-state index in [0.29, 0.717) is 26.2 Å². The van der Waals surface area contributed by atoms with E-state index in [1.165, 1.54) is 9.69 Å². The summed E-state index contributed by atoms with van der Waals surface area (Å²) in [5, 5.41) is 10.4. The van der Waals surface area contributed by atoms with Crippen molar-refractivity contribution in [2.75, 3.05) is 57.2 Å². The van der Waals surface area contributed by atoms with Crippen LogP contribution in [0.15, 0.2) is 17.1 Å². The van der Waals surface area contributed by atoms with E-state index in [2.05, 4.69) is 4.90 Å². The summed E-state index contributed by atoms with van der Waals surface area (Å²) in [6.45, 7) is 2.23. The van der Waals surface area contributed by atoms with Crippen LogP contribution in [-0.2, 0) is 0 Å². The summed E-state index contributed by atoms with van der Waals surface area (Å²) in [7, 11) is 5.09. The van der Waals surface area contributed by atoms with Gasteiger partial charge < -0.3 is 19.9 Å². The molecule has 9 heteroatoms. The van der Waals surface area contributed by atoms with E-state index in [0.717, 1.165) is 12.3 Å². The Labute approximate surface area is 148 Å². The molecule has 1 fully saturated rings. The highest BCUT2D eigenvalue weighted by Crippen LogP contribution is 2.30. The number of carboxylic acids is 1. The number of nitrogens with zero attached hydrogens (tertiary/aromatic N) is 4. The van der Waals surface area contributed by atoms with Gasteiger partial charge in [-0.1, -0.05) is 0 Å². The first kappa shape index (κ1) is 18.1. The molecule has 0 radical (unpaired) electrons. The topological polar surface area (TPSA) is 69.0 Å². The SMILES string of the molecule is CN1CCN(c2c(F)cc3c(=O)c(C(=O)O)cn(N(C)C)c3c2F)CC1. The zero-order valence-electron chi connectivity index (χ0n) is 14.8. The highest BCUT2D eigenvalue weighted by molar-refractivity contribution is 5.94. The second-order valence-electron chi connectivity index (χ2n) is 6.58. The average molecular weight is 366 g/mol. The van der Waals surface area contributed by atoms with Crippen LogP contribution in [0.25, 0.3) is 10.9 Å². The van der Waals surface area contributed by atoms with E-state index >= 15 is 4.39 Å². The zero-order chi connectivity index (χ0) is 19.2. The standard InChI is InChI=1S/C17H20F2N4O3/c1-20(2)23-9-11(17(25)26)16(24)10-8-12(18)15(13(19)14(10)23)22-6-4-21(3)5-7-22/h8-9H,4-7H2,1-3H3,(H,25,26). The van der Waals surface area contributed by atoms with Crippen molar-refractivity contribution < 1.29 is 18.7 Å². The molecule has 1 aliphatic heterocycles. The van der Waals surface area contributed by atoms with Gasteiger partial charge in [-0.15, -0.1) is 0 Å². The molecular formula is C17H20F2N4O3. The molecule has 2 heterocycles. The molecule has 0 amide bonds. The Kier molecular flexibility index (Phi) is 4.57. The Morgan fingerprint density at radius 3 is 2.35 bits per heavy atom. The summed E-state index contributed by atoms with van der Waals surface area (Å²) in [5.74, 6) is -3.19. The van der Waals surface area contributed by atoms with E-state index in [9.17, 15) is 19.1 Å². The third-order valence-corrected chi connectivity index (χ3v) is 4.62. The Bertz CT molecular complexity index is 934. The molecule has 1 N–H and O–H groups in total. The minimum atomic E-state index is -1.45. The molecule has 0 atom stereocenters. The minimum absolute atomic E-state index is 0.139. The number of aromatic nitrogens is 1. The number of halogens is 2. The Hall–Kier alpha value is -2.68. The third kappa shape index (κ3) is 2.88. The molecule has 140 valence electrons. The summed E-state index contributed by atoms with van der Waals surface area (Å²) < 4.78 is 31.2. The van der Waals surface area contributed by atoms with Crippen molar-refractivity contribution in [3.05, 3.63) is 39.7 Å². The monoisotopic (exact) mass is 366 g/mol. The van der Waals surface area contributed by atoms with Gasteiger partial charge in [0.25, 0.3) is 0 Å². The first-order chi connectivity index (χ1) is 12.2. The summed E-state index contributed by atoms with van der Waals surface area (Å²) in [4.78, 5) is 27.4. The molecule has 3 rings (SSSR count). The van der Waals surface area contributed by atoms with Gasteiger partial charge in [0.1, 0.15) is 22.6 Å². The Balaban J connectivity index is 2.31. The number of hydrogen-bond acceptors (Lipinski definition) is 5. The first-order valence-electron chi connectivity index (χ1n) is 8.14. The van der Waals surface area contributed by atoms with E-state index in [1.54, 1.807) is 19.0 Å². The van der Waals surface area contributed by atoms with Gasteiger partial charge in [0, 0.05) is 46.5 Å². The second-order valence-corrected chi connectivity index (χ2v) is 6.58. The van der Waals surface area contributed by atoms with Crippen LogP contribution in [0, 0.1) is 11.6 Å². The molecule has 26 heavy (non-hydrogen) atoms. The van der Waals surface area contributed by atoms with Crippen LogP contribution in [-0.4, -0.2) is 68.0 Å². The number of pyridine rings is 1. The molecule has 1 saturated heterocycles. The maximum Gasteiger partial charge on any atom is 0.341 e. The molecule has 1 aliphatic rings. The Morgan fingerprint density at radius 2 is 1.81 bits per heavy atom. The molecule has 0 saturated carbocycles.